The second-order valence-electron chi connectivity index (χ2n) is 5.70. The maximum Gasteiger partial charge on any atom is 0.123 e. The monoisotopic (exact) mass is 247 g/mol. The lowest BCUT2D eigenvalue weighted by molar-refractivity contribution is 0.386. The van der Waals surface area contributed by atoms with Gasteiger partial charge in [-0.3, -0.25) is 0 Å². The minimum absolute atomic E-state index is 0.351. The fourth-order valence-electron chi connectivity index (χ4n) is 2.50. The Morgan fingerprint density at radius 3 is 2.67 bits per heavy atom. The fourth-order valence-corrected chi connectivity index (χ4v) is 2.50. The number of ether oxygens (including phenoxy) is 1. The minimum Gasteiger partial charge on any atom is -0.496 e. The SMILES string of the molecule is CCC1(CNC(C)c2cc(C)ccc2OC)CC1. The van der Waals surface area contributed by atoms with E-state index >= 15 is 0 Å². The lowest BCUT2D eigenvalue weighted by Crippen LogP contribution is -2.26. The Bertz CT molecular complexity index is 410. The Kier molecular flexibility index (Phi) is 3.96. The van der Waals surface area contributed by atoms with Gasteiger partial charge in [-0.15, -0.1) is 0 Å². The summed E-state index contributed by atoms with van der Waals surface area (Å²) in [5.41, 5.74) is 3.14. The van der Waals surface area contributed by atoms with E-state index in [1.54, 1.807) is 7.11 Å². The molecule has 18 heavy (non-hydrogen) atoms. The molecule has 1 atom stereocenters. The molecule has 0 heterocycles. The summed E-state index contributed by atoms with van der Waals surface area (Å²) in [6.07, 6.45) is 4.06. The zero-order chi connectivity index (χ0) is 13.2. The molecule has 0 spiro atoms. The summed E-state index contributed by atoms with van der Waals surface area (Å²) in [5, 5.41) is 3.67. The van der Waals surface area contributed by atoms with Gasteiger partial charge in [0.25, 0.3) is 0 Å². The molecule has 2 nitrogen and oxygen atoms in total. The highest BCUT2D eigenvalue weighted by Crippen LogP contribution is 2.48. The van der Waals surface area contributed by atoms with Crippen molar-refractivity contribution in [3.8, 4) is 5.75 Å². The highest BCUT2D eigenvalue weighted by molar-refractivity contribution is 5.38. The van der Waals surface area contributed by atoms with E-state index in [4.69, 9.17) is 4.74 Å². The Balaban J connectivity index is 2.03. The van der Waals surface area contributed by atoms with Gasteiger partial charge >= 0.3 is 0 Å². The van der Waals surface area contributed by atoms with Crippen LogP contribution in [0, 0.1) is 12.3 Å². The maximum atomic E-state index is 5.46. The number of rotatable bonds is 6. The van der Waals surface area contributed by atoms with E-state index in [0.29, 0.717) is 11.5 Å². The summed E-state index contributed by atoms with van der Waals surface area (Å²) in [4.78, 5) is 0. The van der Waals surface area contributed by atoms with Crippen LogP contribution in [0.4, 0.5) is 0 Å². The van der Waals surface area contributed by atoms with Crippen LogP contribution in [-0.4, -0.2) is 13.7 Å². The lowest BCUT2D eigenvalue weighted by atomic mass is 10.0. The average molecular weight is 247 g/mol. The molecule has 2 rings (SSSR count). The number of hydrogen-bond acceptors (Lipinski definition) is 2. The van der Waals surface area contributed by atoms with Gasteiger partial charge in [-0.05, 0) is 44.6 Å². The van der Waals surface area contributed by atoms with Crippen molar-refractivity contribution in [3.63, 3.8) is 0 Å². The van der Waals surface area contributed by atoms with E-state index in [1.807, 2.05) is 0 Å². The zero-order valence-corrected chi connectivity index (χ0v) is 12.0. The van der Waals surface area contributed by atoms with Crippen LogP contribution in [0.25, 0.3) is 0 Å². The maximum absolute atomic E-state index is 5.46. The van der Waals surface area contributed by atoms with Crippen LogP contribution in [0.1, 0.15) is 50.3 Å². The molecular formula is C16H25NO. The first kappa shape index (κ1) is 13.4. The molecule has 1 N–H and O–H groups in total. The molecule has 0 bridgehead atoms. The minimum atomic E-state index is 0.351. The second-order valence-corrected chi connectivity index (χ2v) is 5.70. The van der Waals surface area contributed by atoms with Crippen molar-refractivity contribution in [3.05, 3.63) is 29.3 Å². The predicted molar refractivity (Wildman–Crippen MR) is 76.1 cm³/mol. The number of aryl methyl sites for hydroxylation is 1. The summed E-state index contributed by atoms with van der Waals surface area (Å²) in [7, 11) is 1.75. The van der Waals surface area contributed by atoms with Crippen LogP contribution in [0.3, 0.4) is 0 Å². The Labute approximate surface area is 111 Å². The summed E-state index contributed by atoms with van der Waals surface area (Å²) >= 11 is 0. The van der Waals surface area contributed by atoms with Gasteiger partial charge in [0, 0.05) is 18.2 Å². The zero-order valence-electron chi connectivity index (χ0n) is 12.0. The van der Waals surface area contributed by atoms with Crippen molar-refractivity contribution in [1.82, 2.24) is 5.32 Å². The third kappa shape index (κ3) is 2.86. The summed E-state index contributed by atoms with van der Waals surface area (Å²) in [5.74, 6) is 0.988. The van der Waals surface area contributed by atoms with Gasteiger partial charge in [0.05, 0.1) is 7.11 Å². The number of nitrogens with one attached hydrogen (secondary N) is 1. The highest BCUT2D eigenvalue weighted by Gasteiger charge is 2.40. The molecule has 1 aliphatic rings. The molecule has 1 aromatic carbocycles. The van der Waals surface area contributed by atoms with Crippen molar-refractivity contribution in [2.24, 2.45) is 5.41 Å². The molecule has 0 aromatic heterocycles. The third-order valence-corrected chi connectivity index (χ3v) is 4.34. The number of benzene rings is 1. The predicted octanol–water partition coefficient (Wildman–Crippen LogP) is 3.84. The van der Waals surface area contributed by atoms with Crippen molar-refractivity contribution in [2.45, 2.75) is 46.1 Å². The molecule has 0 amide bonds. The van der Waals surface area contributed by atoms with Gasteiger partial charge in [-0.2, -0.15) is 0 Å². The Morgan fingerprint density at radius 1 is 1.39 bits per heavy atom. The molecule has 1 aliphatic carbocycles. The summed E-state index contributed by atoms with van der Waals surface area (Å²) in [6.45, 7) is 7.78. The van der Waals surface area contributed by atoms with Crippen LogP contribution in [-0.2, 0) is 0 Å². The van der Waals surface area contributed by atoms with Gasteiger partial charge < -0.3 is 10.1 Å². The second kappa shape index (κ2) is 5.31. The molecule has 100 valence electrons. The fraction of sp³-hybridized carbons (Fsp3) is 0.625. The van der Waals surface area contributed by atoms with Gasteiger partial charge in [0.15, 0.2) is 0 Å². The lowest BCUT2D eigenvalue weighted by Gasteiger charge is -2.21. The van der Waals surface area contributed by atoms with Crippen molar-refractivity contribution in [2.75, 3.05) is 13.7 Å². The molecular weight excluding hydrogens is 222 g/mol. The van der Waals surface area contributed by atoms with E-state index in [0.717, 1.165) is 12.3 Å². The van der Waals surface area contributed by atoms with E-state index in [9.17, 15) is 0 Å². The van der Waals surface area contributed by atoms with Crippen LogP contribution in [0.5, 0.6) is 5.75 Å². The van der Waals surface area contributed by atoms with Crippen LogP contribution in [0.2, 0.25) is 0 Å². The summed E-state index contributed by atoms with van der Waals surface area (Å²) in [6, 6.07) is 6.74. The first-order chi connectivity index (χ1) is 8.60. The van der Waals surface area contributed by atoms with E-state index < -0.39 is 0 Å². The van der Waals surface area contributed by atoms with Gasteiger partial charge in [-0.25, -0.2) is 0 Å². The van der Waals surface area contributed by atoms with E-state index in [1.165, 1.54) is 30.4 Å². The quantitative estimate of drug-likeness (QED) is 0.824. The van der Waals surface area contributed by atoms with E-state index in [-0.39, 0.29) is 0 Å². The van der Waals surface area contributed by atoms with Gasteiger partial charge in [0.2, 0.25) is 0 Å². The Morgan fingerprint density at radius 2 is 2.11 bits per heavy atom. The van der Waals surface area contributed by atoms with E-state index in [2.05, 4.69) is 44.3 Å². The normalized spacial score (nSPS) is 18.4. The van der Waals surface area contributed by atoms with Crippen LogP contribution >= 0.6 is 0 Å². The highest BCUT2D eigenvalue weighted by atomic mass is 16.5. The van der Waals surface area contributed by atoms with Crippen LogP contribution < -0.4 is 10.1 Å². The molecule has 2 heteroatoms. The molecule has 1 saturated carbocycles. The van der Waals surface area contributed by atoms with Crippen molar-refractivity contribution in [1.29, 1.82) is 0 Å². The van der Waals surface area contributed by atoms with Gasteiger partial charge in [-0.1, -0.05) is 24.6 Å². The Hall–Kier alpha value is -1.02. The first-order valence-corrected chi connectivity index (χ1v) is 6.98. The van der Waals surface area contributed by atoms with Crippen LogP contribution in [0.15, 0.2) is 18.2 Å². The largest absolute Gasteiger partial charge is 0.496 e. The number of methoxy groups -OCH3 is 1. The standard InChI is InChI=1S/C16H25NO/c1-5-16(8-9-16)11-17-13(3)14-10-12(2)6-7-15(14)18-4/h6-7,10,13,17H,5,8-9,11H2,1-4H3. The smallest absolute Gasteiger partial charge is 0.123 e. The molecule has 0 saturated heterocycles. The van der Waals surface area contributed by atoms with Crippen molar-refractivity contribution >= 4 is 0 Å². The van der Waals surface area contributed by atoms with Crippen molar-refractivity contribution < 1.29 is 4.74 Å². The summed E-state index contributed by atoms with van der Waals surface area (Å²) < 4.78 is 5.46. The molecule has 1 unspecified atom stereocenters. The van der Waals surface area contributed by atoms with Gasteiger partial charge in [0.1, 0.15) is 5.75 Å². The molecule has 0 aliphatic heterocycles. The molecule has 0 radical (unpaired) electrons. The molecule has 1 aromatic rings. The molecule has 1 fully saturated rings. The topological polar surface area (TPSA) is 21.3 Å². The average Bonchev–Trinajstić information content (AvgIpc) is 3.16. The third-order valence-electron chi connectivity index (χ3n) is 4.34. The first-order valence-electron chi connectivity index (χ1n) is 6.98. The number of hydrogen-bond donors (Lipinski definition) is 1.